The molecule has 3 heteroatoms. The van der Waals surface area contributed by atoms with Gasteiger partial charge in [0.1, 0.15) is 0 Å². The molecule has 0 aliphatic heterocycles. The van der Waals surface area contributed by atoms with Gasteiger partial charge in [-0.05, 0) is 38.1 Å². The zero-order chi connectivity index (χ0) is 11.6. The van der Waals surface area contributed by atoms with Gasteiger partial charge in [-0.3, -0.25) is 4.90 Å². The highest BCUT2D eigenvalue weighted by Crippen LogP contribution is 2.39. The summed E-state index contributed by atoms with van der Waals surface area (Å²) in [6, 6.07) is 0.721. The van der Waals surface area contributed by atoms with Crippen LogP contribution in [0.5, 0.6) is 0 Å². The van der Waals surface area contributed by atoms with Gasteiger partial charge in [-0.25, -0.2) is 0 Å². The molecule has 0 radical (unpaired) electrons. The molecule has 0 aromatic carbocycles. The third-order valence-electron chi connectivity index (χ3n) is 4.43. The van der Waals surface area contributed by atoms with Gasteiger partial charge in [-0.15, -0.1) is 0 Å². The van der Waals surface area contributed by atoms with E-state index in [-0.39, 0.29) is 12.1 Å². The monoisotopic (exact) mass is 226 g/mol. The molecule has 0 amide bonds. The van der Waals surface area contributed by atoms with Crippen molar-refractivity contribution < 1.29 is 5.11 Å². The van der Waals surface area contributed by atoms with Crippen molar-refractivity contribution >= 4 is 0 Å². The van der Waals surface area contributed by atoms with Crippen LogP contribution in [0.4, 0.5) is 0 Å². The van der Waals surface area contributed by atoms with Crippen LogP contribution in [-0.4, -0.2) is 41.3 Å². The molecule has 3 N–H and O–H groups in total. The van der Waals surface area contributed by atoms with Crippen LogP contribution in [0.1, 0.15) is 45.4 Å². The summed E-state index contributed by atoms with van der Waals surface area (Å²) in [6.45, 7) is 4.30. The molecule has 2 saturated carbocycles. The first-order chi connectivity index (χ1) is 7.69. The predicted octanol–water partition coefficient (Wildman–Crippen LogP) is 1.35. The van der Waals surface area contributed by atoms with E-state index in [0.717, 1.165) is 19.1 Å². The molecular formula is C13H26N2O. The number of nitrogens with two attached hydrogens (primary N) is 1. The second kappa shape index (κ2) is 5.03. The zero-order valence-corrected chi connectivity index (χ0v) is 10.5. The molecule has 2 rings (SSSR count). The fourth-order valence-electron chi connectivity index (χ4n) is 3.11. The number of hydrogen-bond donors (Lipinski definition) is 2. The van der Waals surface area contributed by atoms with Crippen LogP contribution in [0.15, 0.2) is 0 Å². The van der Waals surface area contributed by atoms with Crippen molar-refractivity contribution in [2.24, 2.45) is 11.7 Å². The lowest BCUT2D eigenvalue weighted by molar-refractivity contribution is 0.0994. The summed E-state index contributed by atoms with van der Waals surface area (Å²) < 4.78 is 0. The van der Waals surface area contributed by atoms with Gasteiger partial charge < -0.3 is 10.8 Å². The standard InChI is InChI=1S/C13H26N2O/c1-2-15(12-5-3-4-6-12)9-13(14,10-16)11-7-8-11/h11-12,16H,2-10,14H2,1H3. The second-order valence-corrected chi connectivity index (χ2v) is 5.67. The third kappa shape index (κ3) is 2.58. The van der Waals surface area contributed by atoms with Gasteiger partial charge in [-0.1, -0.05) is 19.8 Å². The molecule has 3 nitrogen and oxygen atoms in total. The quantitative estimate of drug-likeness (QED) is 0.719. The van der Waals surface area contributed by atoms with Crippen molar-refractivity contribution in [2.75, 3.05) is 19.7 Å². The Labute approximate surface area is 99.0 Å². The molecule has 0 saturated heterocycles. The largest absolute Gasteiger partial charge is 0.394 e. The van der Waals surface area contributed by atoms with Crippen LogP contribution >= 0.6 is 0 Å². The maximum atomic E-state index is 9.53. The van der Waals surface area contributed by atoms with Crippen LogP contribution in [0.3, 0.4) is 0 Å². The van der Waals surface area contributed by atoms with Crippen LogP contribution in [0.2, 0.25) is 0 Å². The number of aliphatic hydroxyl groups excluding tert-OH is 1. The number of rotatable bonds is 6. The molecule has 0 bridgehead atoms. The van der Waals surface area contributed by atoms with Crippen LogP contribution in [0.25, 0.3) is 0 Å². The van der Waals surface area contributed by atoms with Gasteiger partial charge in [0, 0.05) is 12.6 Å². The lowest BCUT2D eigenvalue weighted by Gasteiger charge is -2.37. The Bertz CT molecular complexity index is 224. The van der Waals surface area contributed by atoms with E-state index in [2.05, 4.69) is 11.8 Å². The Kier molecular flexibility index (Phi) is 3.88. The minimum Gasteiger partial charge on any atom is -0.394 e. The van der Waals surface area contributed by atoms with E-state index in [0.29, 0.717) is 5.92 Å². The molecule has 16 heavy (non-hydrogen) atoms. The fourth-order valence-corrected chi connectivity index (χ4v) is 3.11. The topological polar surface area (TPSA) is 49.5 Å². The molecule has 2 fully saturated rings. The molecule has 0 aromatic heterocycles. The molecule has 94 valence electrons. The van der Waals surface area contributed by atoms with Crippen molar-refractivity contribution in [2.45, 2.75) is 57.0 Å². The minimum absolute atomic E-state index is 0.140. The summed E-state index contributed by atoms with van der Waals surface area (Å²) in [6.07, 6.45) is 7.78. The van der Waals surface area contributed by atoms with Gasteiger partial charge in [0.25, 0.3) is 0 Å². The molecule has 2 aliphatic carbocycles. The van der Waals surface area contributed by atoms with Crippen molar-refractivity contribution in [3.8, 4) is 0 Å². The van der Waals surface area contributed by atoms with Gasteiger partial charge in [0.15, 0.2) is 0 Å². The van der Waals surface area contributed by atoms with E-state index in [4.69, 9.17) is 5.73 Å². The predicted molar refractivity (Wildman–Crippen MR) is 66.2 cm³/mol. The van der Waals surface area contributed by atoms with Crippen molar-refractivity contribution in [3.05, 3.63) is 0 Å². The van der Waals surface area contributed by atoms with E-state index >= 15 is 0 Å². The Balaban J connectivity index is 1.93. The van der Waals surface area contributed by atoms with E-state index in [9.17, 15) is 5.11 Å². The van der Waals surface area contributed by atoms with Crippen molar-refractivity contribution in [1.82, 2.24) is 4.90 Å². The minimum atomic E-state index is -0.335. The van der Waals surface area contributed by atoms with Gasteiger partial charge in [0.2, 0.25) is 0 Å². The first-order valence-electron chi connectivity index (χ1n) is 6.83. The highest BCUT2D eigenvalue weighted by atomic mass is 16.3. The Morgan fingerprint density at radius 2 is 1.88 bits per heavy atom. The summed E-state index contributed by atoms with van der Waals surface area (Å²) in [5.74, 6) is 0.563. The van der Waals surface area contributed by atoms with E-state index in [1.54, 1.807) is 0 Å². The van der Waals surface area contributed by atoms with E-state index < -0.39 is 0 Å². The number of aliphatic hydroxyl groups is 1. The van der Waals surface area contributed by atoms with E-state index in [1.165, 1.54) is 38.5 Å². The lowest BCUT2D eigenvalue weighted by Crippen LogP contribution is -2.56. The molecule has 2 aliphatic rings. The molecule has 0 heterocycles. The maximum Gasteiger partial charge on any atom is 0.0626 e. The van der Waals surface area contributed by atoms with Crippen molar-refractivity contribution in [1.29, 1.82) is 0 Å². The summed E-state index contributed by atoms with van der Waals surface area (Å²) in [5.41, 5.74) is 6.02. The van der Waals surface area contributed by atoms with E-state index in [1.807, 2.05) is 0 Å². The average Bonchev–Trinajstić information content (AvgIpc) is 3.03. The Morgan fingerprint density at radius 1 is 1.25 bits per heavy atom. The molecule has 1 unspecified atom stereocenters. The van der Waals surface area contributed by atoms with Crippen molar-refractivity contribution in [3.63, 3.8) is 0 Å². The van der Waals surface area contributed by atoms with Crippen LogP contribution in [0, 0.1) is 5.92 Å². The molecule has 1 atom stereocenters. The Hall–Kier alpha value is -0.120. The van der Waals surface area contributed by atoms with Crippen LogP contribution < -0.4 is 5.73 Å². The summed E-state index contributed by atoms with van der Waals surface area (Å²) >= 11 is 0. The Morgan fingerprint density at radius 3 is 2.31 bits per heavy atom. The highest BCUT2D eigenvalue weighted by molar-refractivity contribution is 5.01. The zero-order valence-electron chi connectivity index (χ0n) is 10.5. The smallest absolute Gasteiger partial charge is 0.0626 e. The summed E-state index contributed by atoms with van der Waals surface area (Å²) in [7, 11) is 0. The number of hydrogen-bond acceptors (Lipinski definition) is 3. The number of nitrogens with zero attached hydrogens (tertiary/aromatic N) is 1. The fraction of sp³-hybridized carbons (Fsp3) is 1.00. The summed E-state index contributed by atoms with van der Waals surface area (Å²) in [4.78, 5) is 2.50. The number of likely N-dealkylation sites (N-methyl/N-ethyl adjacent to an activating group) is 1. The first kappa shape index (κ1) is 12.3. The van der Waals surface area contributed by atoms with Crippen LogP contribution in [-0.2, 0) is 0 Å². The van der Waals surface area contributed by atoms with Gasteiger partial charge in [-0.2, -0.15) is 0 Å². The second-order valence-electron chi connectivity index (χ2n) is 5.67. The van der Waals surface area contributed by atoms with Gasteiger partial charge >= 0.3 is 0 Å². The first-order valence-corrected chi connectivity index (χ1v) is 6.83. The molecule has 0 aromatic rings. The van der Waals surface area contributed by atoms with Gasteiger partial charge in [0.05, 0.1) is 12.1 Å². The average molecular weight is 226 g/mol. The molecular weight excluding hydrogens is 200 g/mol. The lowest BCUT2D eigenvalue weighted by atomic mass is 9.94. The highest BCUT2D eigenvalue weighted by Gasteiger charge is 2.43. The normalized spacial score (nSPS) is 26.2. The summed E-state index contributed by atoms with van der Waals surface area (Å²) in [5, 5.41) is 9.53. The third-order valence-corrected chi connectivity index (χ3v) is 4.43. The SMILES string of the molecule is CCN(CC(N)(CO)C1CC1)C1CCCC1. The molecule has 0 spiro atoms. The maximum absolute atomic E-state index is 9.53.